The smallest absolute Gasteiger partial charge is 0.340 e. The number of nitrogens with one attached hydrogen (secondary N) is 2. The molecule has 0 spiro atoms. The van der Waals surface area contributed by atoms with Crippen LogP contribution in [0.2, 0.25) is 0 Å². The van der Waals surface area contributed by atoms with Crippen molar-refractivity contribution in [3.05, 3.63) is 45.0 Å². The molecule has 0 fully saturated rings. The first kappa shape index (κ1) is 24.4. The molecule has 1 aromatic carbocycles. The van der Waals surface area contributed by atoms with Crippen molar-refractivity contribution >= 4 is 51.5 Å². The Kier molecular flexibility index (Phi) is 7.47. The van der Waals surface area contributed by atoms with E-state index in [0.717, 1.165) is 10.9 Å². The average molecular weight is 475 g/mol. The van der Waals surface area contributed by atoms with Crippen molar-refractivity contribution in [2.75, 3.05) is 18.6 Å². The number of carboxylic acids is 1. The fourth-order valence-corrected chi connectivity index (χ4v) is 4.19. The molecule has 0 radical (unpaired) electrons. The van der Waals surface area contributed by atoms with Gasteiger partial charge in [0.15, 0.2) is 0 Å². The average Bonchev–Trinajstić information content (AvgIpc) is 3.14. The molecule has 0 saturated heterocycles. The largest absolute Gasteiger partial charge is 0.480 e. The number of fused-ring (bicyclic) bond motifs is 2. The molecule has 0 aliphatic carbocycles. The fourth-order valence-electron chi connectivity index (χ4n) is 3.72. The zero-order valence-corrected chi connectivity index (χ0v) is 19.7. The summed E-state index contributed by atoms with van der Waals surface area (Å²) in [4.78, 5) is 48.5. The lowest BCUT2D eigenvalue weighted by Crippen LogP contribution is -2.48. The van der Waals surface area contributed by atoms with Crippen LogP contribution >= 0.6 is 11.8 Å². The second kappa shape index (κ2) is 10.1. The molecule has 2 heterocycles. The maximum absolute atomic E-state index is 12.8. The lowest BCUT2D eigenvalue weighted by atomic mass is 9.99. The van der Waals surface area contributed by atoms with Crippen molar-refractivity contribution in [1.29, 1.82) is 0 Å². The van der Waals surface area contributed by atoms with Crippen molar-refractivity contribution in [2.24, 2.45) is 0 Å². The standard InChI is InChI=1S/C23H26N2O7S/c1-11-10-31-20-13(3)21-15(7-14(11)20)12(2)16(23(30)32-21)8-18(26)25-17(5-6-33-4)22(29)24-9-19(27)28/h7,10,17H,5-6,8-9H2,1-4H3,(H,24,29)(H,25,26)(H,27,28)/t17-/m1/s1. The molecule has 9 nitrogen and oxygen atoms in total. The lowest BCUT2D eigenvalue weighted by molar-refractivity contribution is -0.138. The number of carbonyl (C=O) groups excluding carboxylic acids is 2. The van der Waals surface area contributed by atoms with Crippen LogP contribution in [-0.2, 0) is 20.8 Å². The first-order chi connectivity index (χ1) is 15.6. The maximum atomic E-state index is 12.8. The van der Waals surface area contributed by atoms with Crippen molar-refractivity contribution in [2.45, 2.75) is 39.7 Å². The predicted molar refractivity (Wildman–Crippen MR) is 126 cm³/mol. The summed E-state index contributed by atoms with van der Waals surface area (Å²) in [6.07, 6.45) is 3.55. The van der Waals surface area contributed by atoms with Crippen LogP contribution in [0.1, 0.15) is 28.7 Å². The van der Waals surface area contributed by atoms with Gasteiger partial charge in [0.1, 0.15) is 23.8 Å². The number of thioether (sulfide) groups is 1. The van der Waals surface area contributed by atoms with Crippen LogP contribution in [0.5, 0.6) is 0 Å². The Hall–Kier alpha value is -3.27. The highest BCUT2D eigenvalue weighted by Gasteiger charge is 2.23. The highest BCUT2D eigenvalue weighted by molar-refractivity contribution is 7.98. The Morgan fingerprint density at radius 1 is 1.12 bits per heavy atom. The molecular weight excluding hydrogens is 448 g/mol. The van der Waals surface area contributed by atoms with Gasteiger partial charge >= 0.3 is 11.6 Å². The summed E-state index contributed by atoms with van der Waals surface area (Å²) in [5, 5.41) is 15.3. The van der Waals surface area contributed by atoms with Crippen molar-refractivity contribution < 1.29 is 28.3 Å². The molecule has 3 rings (SSSR count). The van der Waals surface area contributed by atoms with E-state index in [9.17, 15) is 19.2 Å². The number of benzene rings is 1. The quantitative estimate of drug-likeness (QED) is 0.402. The molecule has 1 atom stereocenters. The minimum atomic E-state index is -1.18. The molecular formula is C23H26N2O7S. The maximum Gasteiger partial charge on any atom is 0.340 e. The van der Waals surface area contributed by atoms with E-state index in [0.29, 0.717) is 39.9 Å². The first-order valence-corrected chi connectivity index (χ1v) is 11.7. The van der Waals surface area contributed by atoms with Crippen molar-refractivity contribution in [3.8, 4) is 0 Å². The van der Waals surface area contributed by atoms with Gasteiger partial charge in [0, 0.05) is 16.3 Å². The zero-order chi connectivity index (χ0) is 24.3. The second-order valence-corrected chi connectivity index (χ2v) is 8.84. The summed E-state index contributed by atoms with van der Waals surface area (Å²) in [6.45, 7) is 4.95. The third-order valence-corrected chi connectivity index (χ3v) is 6.19. The molecule has 0 aliphatic heterocycles. The van der Waals surface area contributed by atoms with Crippen molar-refractivity contribution in [3.63, 3.8) is 0 Å². The number of amides is 2. The SMILES string of the molecule is CSCC[C@@H](NC(=O)Cc1c(C)c2cc3c(C)coc3c(C)c2oc1=O)C(=O)NCC(=O)O. The predicted octanol–water partition coefficient (Wildman–Crippen LogP) is 2.45. The van der Waals surface area contributed by atoms with Gasteiger partial charge in [0.2, 0.25) is 11.8 Å². The normalized spacial score (nSPS) is 12.1. The Morgan fingerprint density at radius 3 is 2.52 bits per heavy atom. The van der Waals surface area contributed by atoms with Crippen molar-refractivity contribution in [1.82, 2.24) is 10.6 Å². The van der Waals surface area contributed by atoms with Gasteiger partial charge in [-0.2, -0.15) is 11.8 Å². The number of furan rings is 1. The number of carbonyl (C=O) groups is 3. The zero-order valence-electron chi connectivity index (χ0n) is 18.9. The minimum Gasteiger partial charge on any atom is -0.480 e. The Morgan fingerprint density at radius 2 is 1.85 bits per heavy atom. The summed E-state index contributed by atoms with van der Waals surface area (Å²) < 4.78 is 11.2. The molecule has 176 valence electrons. The summed E-state index contributed by atoms with van der Waals surface area (Å²) in [6, 6.07) is 0.976. The van der Waals surface area contributed by atoms with Crippen LogP contribution < -0.4 is 16.3 Å². The van der Waals surface area contributed by atoms with Gasteiger partial charge in [0.05, 0.1) is 18.2 Å². The molecule has 3 N–H and O–H groups in total. The van der Waals surface area contributed by atoms with E-state index in [-0.39, 0.29) is 12.0 Å². The Labute approximate surface area is 193 Å². The third kappa shape index (κ3) is 5.22. The topological polar surface area (TPSA) is 139 Å². The van der Waals surface area contributed by atoms with Gasteiger partial charge in [-0.15, -0.1) is 0 Å². The molecule has 0 bridgehead atoms. The van der Waals surface area contributed by atoms with Gasteiger partial charge in [0.25, 0.3) is 0 Å². The van der Waals surface area contributed by atoms with Gasteiger partial charge in [-0.3, -0.25) is 14.4 Å². The molecule has 2 aromatic heterocycles. The molecule has 10 heteroatoms. The number of aliphatic carboxylic acids is 1. The molecule has 0 saturated carbocycles. The van der Waals surface area contributed by atoms with Gasteiger partial charge in [-0.05, 0) is 56.4 Å². The van der Waals surface area contributed by atoms with Gasteiger partial charge < -0.3 is 24.6 Å². The van der Waals surface area contributed by atoms with Gasteiger partial charge in [-0.1, -0.05) is 0 Å². The third-order valence-electron chi connectivity index (χ3n) is 5.55. The summed E-state index contributed by atoms with van der Waals surface area (Å²) in [5.74, 6) is -1.71. The molecule has 2 amide bonds. The van der Waals surface area contributed by atoms with Crippen LogP contribution in [0.3, 0.4) is 0 Å². The number of aryl methyl sites for hydroxylation is 3. The van der Waals surface area contributed by atoms with E-state index in [4.69, 9.17) is 13.9 Å². The van der Waals surface area contributed by atoms with Crippen LogP contribution in [0.15, 0.2) is 26.0 Å². The summed E-state index contributed by atoms with van der Waals surface area (Å²) >= 11 is 1.49. The number of hydrogen-bond donors (Lipinski definition) is 3. The number of rotatable bonds is 9. The van der Waals surface area contributed by atoms with E-state index >= 15 is 0 Å². The Balaban J connectivity index is 1.89. The van der Waals surface area contributed by atoms with Crippen LogP contribution in [-0.4, -0.2) is 47.5 Å². The minimum absolute atomic E-state index is 0.203. The fraction of sp³-hybridized carbons (Fsp3) is 0.391. The second-order valence-electron chi connectivity index (χ2n) is 7.86. The molecule has 0 aliphatic rings. The van der Waals surface area contributed by atoms with Crippen LogP contribution in [0.4, 0.5) is 0 Å². The van der Waals surface area contributed by atoms with Gasteiger partial charge in [-0.25, -0.2) is 4.79 Å². The highest BCUT2D eigenvalue weighted by Crippen LogP contribution is 2.32. The van der Waals surface area contributed by atoms with Crippen LogP contribution in [0, 0.1) is 20.8 Å². The number of hydrogen-bond acceptors (Lipinski definition) is 7. The lowest BCUT2D eigenvalue weighted by Gasteiger charge is -2.18. The van der Waals surface area contributed by atoms with E-state index in [2.05, 4.69) is 10.6 Å². The summed E-state index contributed by atoms with van der Waals surface area (Å²) in [5.41, 5.74) is 2.92. The molecule has 3 aromatic rings. The monoisotopic (exact) mass is 474 g/mol. The Bertz CT molecular complexity index is 1290. The highest BCUT2D eigenvalue weighted by atomic mass is 32.2. The van der Waals surface area contributed by atoms with E-state index in [1.165, 1.54) is 11.8 Å². The summed E-state index contributed by atoms with van der Waals surface area (Å²) in [7, 11) is 0. The van der Waals surface area contributed by atoms with Crippen LogP contribution in [0.25, 0.3) is 21.9 Å². The van der Waals surface area contributed by atoms with E-state index in [1.54, 1.807) is 13.2 Å². The molecule has 0 unspecified atom stereocenters. The molecule has 33 heavy (non-hydrogen) atoms. The van der Waals surface area contributed by atoms with E-state index in [1.807, 2.05) is 26.2 Å². The van der Waals surface area contributed by atoms with E-state index < -0.39 is 36.0 Å². The number of carboxylic acid groups (broad SMARTS) is 1. The first-order valence-electron chi connectivity index (χ1n) is 10.4.